The molecule has 0 radical (unpaired) electrons. The summed E-state index contributed by atoms with van der Waals surface area (Å²) in [5, 5.41) is 8.87. The highest BCUT2D eigenvalue weighted by Gasteiger charge is 2.31. The molecule has 1 heterocycles. The standard InChI is InChI=1S/C11H24N2O/c1-11(2,3)13-6-5-10(9-13)12(4)7-8-14/h10,14H,5-9H2,1-4H3/t10-/m1/s1. The molecule has 0 saturated carbocycles. The normalized spacial score (nSPS) is 24.9. The van der Waals surface area contributed by atoms with Crippen LogP contribution in [-0.2, 0) is 0 Å². The molecule has 3 nitrogen and oxygen atoms in total. The van der Waals surface area contributed by atoms with Crippen LogP contribution in [0.25, 0.3) is 0 Å². The Bertz CT molecular complexity index is 177. The lowest BCUT2D eigenvalue weighted by atomic mass is 10.1. The summed E-state index contributed by atoms with van der Waals surface area (Å²) in [6.45, 7) is 10.2. The summed E-state index contributed by atoms with van der Waals surface area (Å²) < 4.78 is 0. The van der Waals surface area contributed by atoms with E-state index in [1.165, 1.54) is 13.0 Å². The van der Waals surface area contributed by atoms with Gasteiger partial charge in [0, 0.05) is 31.2 Å². The van der Waals surface area contributed by atoms with E-state index in [-0.39, 0.29) is 12.1 Å². The third kappa shape index (κ3) is 2.94. The number of hydrogen-bond acceptors (Lipinski definition) is 3. The molecule has 0 unspecified atom stereocenters. The second kappa shape index (κ2) is 4.60. The van der Waals surface area contributed by atoms with E-state index in [4.69, 9.17) is 5.11 Å². The largest absolute Gasteiger partial charge is 0.395 e. The van der Waals surface area contributed by atoms with Crippen molar-refractivity contribution in [2.45, 2.75) is 38.8 Å². The van der Waals surface area contributed by atoms with Crippen LogP contribution in [-0.4, -0.2) is 59.8 Å². The fourth-order valence-corrected chi connectivity index (χ4v) is 2.05. The van der Waals surface area contributed by atoms with E-state index in [9.17, 15) is 0 Å². The molecule has 0 aromatic carbocycles. The summed E-state index contributed by atoms with van der Waals surface area (Å²) in [4.78, 5) is 4.79. The predicted octanol–water partition coefficient (Wildman–Crippen LogP) is 0.783. The number of aliphatic hydroxyl groups excluding tert-OH is 1. The molecule has 1 atom stereocenters. The van der Waals surface area contributed by atoms with Crippen molar-refractivity contribution in [1.29, 1.82) is 0 Å². The quantitative estimate of drug-likeness (QED) is 0.729. The first-order valence-electron chi connectivity index (χ1n) is 5.51. The molecular formula is C11H24N2O. The highest BCUT2D eigenvalue weighted by Crippen LogP contribution is 2.22. The predicted molar refractivity (Wildman–Crippen MR) is 59.4 cm³/mol. The molecule has 1 saturated heterocycles. The van der Waals surface area contributed by atoms with Gasteiger partial charge in [0.1, 0.15) is 0 Å². The zero-order chi connectivity index (χ0) is 10.8. The maximum Gasteiger partial charge on any atom is 0.0558 e. The lowest BCUT2D eigenvalue weighted by molar-refractivity contribution is 0.142. The van der Waals surface area contributed by atoms with Gasteiger partial charge in [0.2, 0.25) is 0 Å². The summed E-state index contributed by atoms with van der Waals surface area (Å²) in [6, 6.07) is 0.626. The second-order valence-corrected chi connectivity index (χ2v) is 5.26. The van der Waals surface area contributed by atoms with Crippen LogP contribution in [0.2, 0.25) is 0 Å². The van der Waals surface area contributed by atoms with Crippen molar-refractivity contribution in [3.05, 3.63) is 0 Å². The molecule has 0 aromatic heterocycles. The molecule has 84 valence electrons. The van der Waals surface area contributed by atoms with Crippen molar-refractivity contribution >= 4 is 0 Å². The highest BCUT2D eigenvalue weighted by atomic mass is 16.3. The van der Waals surface area contributed by atoms with E-state index in [0.717, 1.165) is 13.1 Å². The second-order valence-electron chi connectivity index (χ2n) is 5.26. The van der Waals surface area contributed by atoms with Crippen LogP contribution in [0.3, 0.4) is 0 Å². The number of rotatable bonds is 3. The van der Waals surface area contributed by atoms with Gasteiger partial charge in [-0.3, -0.25) is 9.80 Å². The summed E-state index contributed by atoms with van der Waals surface area (Å²) in [7, 11) is 2.10. The first kappa shape index (κ1) is 12.0. The SMILES string of the molecule is CN(CCO)[C@@H]1CCN(C(C)(C)C)C1. The third-order valence-electron chi connectivity index (χ3n) is 3.19. The van der Waals surface area contributed by atoms with Gasteiger partial charge in [0.15, 0.2) is 0 Å². The third-order valence-corrected chi connectivity index (χ3v) is 3.19. The topological polar surface area (TPSA) is 26.7 Å². The van der Waals surface area contributed by atoms with Gasteiger partial charge in [-0.15, -0.1) is 0 Å². The minimum atomic E-state index is 0.266. The molecule has 0 aromatic rings. The van der Waals surface area contributed by atoms with Gasteiger partial charge in [-0.2, -0.15) is 0 Å². The molecule has 0 aliphatic carbocycles. The monoisotopic (exact) mass is 200 g/mol. The molecule has 1 fully saturated rings. The summed E-state index contributed by atoms with van der Waals surface area (Å²) in [6.07, 6.45) is 1.23. The van der Waals surface area contributed by atoms with Crippen molar-refractivity contribution in [3.8, 4) is 0 Å². The van der Waals surface area contributed by atoms with Crippen LogP contribution in [0.5, 0.6) is 0 Å². The van der Waals surface area contributed by atoms with Gasteiger partial charge < -0.3 is 5.11 Å². The van der Waals surface area contributed by atoms with Gasteiger partial charge in [0.05, 0.1) is 6.61 Å². The molecule has 0 spiro atoms. The molecule has 14 heavy (non-hydrogen) atoms. The van der Waals surface area contributed by atoms with Crippen LogP contribution < -0.4 is 0 Å². The van der Waals surface area contributed by atoms with Gasteiger partial charge in [0.25, 0.3) is 0 Å². The number of likely N-dealkylation sites (tertiary alicyclic amines) is 1. The number of nitrogens with zero attached hydrogens (tertiary/aromatic N) is 2. The van der Waals surface area contributed by atoms with Crippen molar-refractivity contribution in [2.75, 3.05) is 33.3 Å². The van der Waals surface area contributed by atoms with Gasteiger partial charge in [-0.1, -0.05) is 0 Å². The van der Waals surface area contributed by atoms with Crippen LogP contribution >= 0.6 is 0 Å². The number of likely N-dealkylation sites (N-methyl/N-ethyl adjacent to an activating group) is 1. The van der Waals surface area contributed by atoms with Crippen molar-refractivity contribution in [2.24, 2.45) is 0 Å². The van der Waals surface area contributed by atoms with Crippen LogP contribution in [0.1, 0.15) is 27.2 Å². The van der Waals surface area contributed by atoms with Crippen LogP contribution in [0, 0.1) is 0 Å². The Morgan fingerprint density at radius 1 is 1.43 bits per heavy atom. The van der Waals surface area contributed by atoms with Gasteiger partial charge in [-0.05, 0) is 34.2 Å². The fourth-order valence-electron chi connectivity index (χ4n) is 2.05. The fraction of sp³-hybridized carbons (Fsp3) is 1.00. The summed E-state index contributed by atoms with van der Waals surface area (Å²) in [5.74, 6) is 0. The lowest BCUT2D eigenvalue weighted by Crippen LogP contribution is -2.42. The molecule has 1 aliphatic rings. The van der Waals surface area contributed by atoms with Crippen LogP contribution in [0.15, 0.2) is 0 Å². The maximum atomic E-state index is 8.87. The van der Waals surface area contributed by atoms with Crippen molar-refractivity contribution in [1.82, 2.24) is 9.80 Å². The van der Waals surface area contributed by atoms with Crippen LogP contribution in [0.4, 0.5) is 0 Å². The van der Waals surface area contributed by atoms with Crippen molar-refractivity contribution < 1.29 is 5.11 Å². The molecular weight excluding hydrogens is 176 g/mol. The Balaban J connectivity index is 2.41. The Kier molecular flexibility index (Phi) is 3.93. The molecule has 3 heteroatoms. The van der Waals surface area contributed by atoms with E-state index >= 15 is 0 Å². The lowest BCUT2D eigenvalue weighted by Gasteiger charge is -2.32. The average molecular weight is 200 g/mol. The minimum Gasteiger partial charge on any atom is -0.395 e. The average Bonchev–Trinajstić information content (AvgIpc) is 2.51. The minimum absolute atomic E-state index is 0.266. The van der Waals surface area contributed by atoms with E-state index in [1.54, 1.807) is 0 Å². The zero-order valence-electron chi connectivity index (χ0n) is 9.95. The number of hydrogen-bond donors (Lipinski definition) is 1. The van der Waals surface area contributed by atoms with E-state index < -0.39 is 0 Å². The van der Waals surface area contributed by atoms with E-state index in [2.05, 4.69) is 37.6 Å². The zero-order valence-corrected chi connectivity index (χ0v) is 9.95. The summed E-state index contributed by atoms with van der Waals surface area (Å²) >= 11 is 0. The summed E-state index contributed by atoms with van der Waals surface area (Å²) in [5.41, 5.74) is 0.287. The molecule has 1 rings (SSSR count). The molecule has 1 aliphatic heterocycles. The first-order valence-corrected chi connectivity index (χ1v) is 5.51. The molecule has 0 bridgehead atoms. The Hall–Kier alpha value is -0.120. The van der Waals surface area contributed by atoms with Crippen molar-refractivity contribution in [3.63, 3.8) is 0 Å². The van der Waals surface area contributed by atoms with Gasteiger partial charge in [-0.25, -0.2) is 0 Å². The Labute approximate surface area is 87.7 Å². The molecule has 1 N–H and O–H groups in total. The molecule has 0 amide bonds. The van der Waals surface area contributed by atoms with Gasteiger partial charge >= 0.3 is 0 Å². The van der Waals surface area contributed by atoms with E-state index in [1.807, 2.05) is 0 Å². The maximum absolute atomic E-state index is 8.87. The Morgan fingerprint density at radius 3 is 2.50 bits per heavy atom. The number of aliphatic hydroxyl groups is 1. The smallest absolute Gasteiger partial charge is 0.0558 e. The highest BCUT2D eigenvalue weighted by molar-refractivity contribution is 4.88. The van der Waals surface area contributed by atoms with E-state index in [0.29, 0.717) is 6.04 Å². The first-order chi connectivity index (χ1) is 6.45. The Morgan fingerprint density at radius 2 is 2.07 bits per heavy atom.